The van der Waals surface area contributed by atoms with E-state index in [2.05, 4.69) is 42.6 Å². The number of alkyl halides is 3. The van der Waals surface area contributed by atoms with Crippen LogP contribution in [0.25, 0.3) is 0 Å². The molecular formula is C35H40ClF3N8O3. The highest BCUT2D eigenvalue weighted by molar-refractivity contribution is 6.32. The van der Waals surface area contributed by atoms with Crippen molar-refractivity contribution < 1.29 is 27.5 Å². The summed E-state index contributed by atoms with van der Waals surface area (Å²) in [4.78, 5) is 44.5. The van der Waals surface area contributed by atoms with Gasteiger partial charge in [0.15, 0.2) is 0 Å². The first-order chi connectivity index (χ1) is 23.8. The van der Waals surface area contributed by atoms with E-state index in [4.69, 9.17) is 16.3 Å². The number of nitrogens with zero attached hydrogens (tertiary/aromatic N) is 5. The van der Waals surface area contributed by atoms with Gasteiger partial charge in [0.25, 0.3) is 5.91 Å². The molecule has 0 atom stereocenters. The van der Waals surface area contributed by atoms with Crippen molar-refractivity contribution in [2.75, 3.05) is 38.1 Å². The molecule has 7 rings (SSSR count). The molecule has 2 aromatic carbocycles. The Morgan fingerprint density at radius 2 is 1.88 bits per heavy atom. The number of benzene rings is 2. The van der Waals surface area contributed by atoms with Crippen LogP contribution < -0.4 is 20.7 Å². The van der Waals surface area contributed by atoms with E-state index in [1.165, 1.54) is 0 Å². The molecule has 11 nitrogen and oxygen atoms in total. The first-order valence-electron chi connectivity index (χ1n) is 15.9. The van der Waals surface area contributed by atoms with Crippen LogP contribution >= 0.6 is 11.6 Å². The number of carbonyl (C=O) groups excluding carboxylic acids is 2. The van der Waals surface area contributed by atoms with Gasteiger partial charge in [-0.1, -0.05) is 31.5 Å². The summed E-state index contributed by atoms with van der Waals surface area (Å²) in [6.07, 6.45) is 0.259. The molecule has 0 saturated heterocycles. The van der Waals surface area contributed by atoms with E-state index >= 15 is 0 Å². The van der Waals surface area contributed by atoms with Crippen LogP contribution in [0.2, 0.25) is 5.02 Å². The largest absolute Gasteiger partial charge is 0.492 e. The lowest BCUT2D eigenvalue weighted by atomic mass is 9.92. The van der Waals surface area contributed by atoms with E-state index in [-0.39, 0.29) is 36.9 Å². The third kappa shape index (κ3) is 12.5. The maximum absolute atomic E-state index is 13.5. The highest BCUT2D eigenvalue weighted by Gasteiger charge is 2.28. The fourth-order valence-electron chi connectivity index (χ4n) is 4.96. The van der Waals surface area contributed by atoms with Gasteiger partial charge in [-0.3, -0.25) is 14.6 Å². The van der Waals surface area contributed by atoms with Gasteiger partial charge in [-0.25, -0.2) is 9.98 Å². The number of hydrogen-bond acceptors (Lipinski definition) is 9. The predicted octanol–water partition coefficient (Wildman–Crippen LogP) is 5.91. The number of hydrogen-bond donors (Lipinski definition) is 3. The average Bonchev–Trinajstić information content (AvgIpc) is 3.08. The lowest BCUT2D eigenvalue weighted by molar-refractivity contribution is -0.132. The van der Waals surface area contributed by atoms with Crippen LogP contribution in [0.1, 0.15) is 48.2 Å². The number of ether oxygens (including phenoxy) is 1. The highest BCUT2D eigenvalue weighted by Crippen LogP contribution is 2.26. The van der Waals surface area contributed by atoms with E-state index < -0.39 is 18.1 Å². The second-order valence-electron chi connectivity index (χ2n) is 12.4. The zero-order valence-electron chi connectivity index (χ0n) is 27.9. The fourth-order valence-corrected chi connectivity index (χ4v) is 5.21. The fraction of sp³-hybridized carbons (Fsp3) is 0.371. The van der Waals surface area contributed by atoms with E-state index in [9.17, 15) is 22.8 Å². The Hall–Kier alpha value is -4.98. The topological polar surface area (TPSA) is 133 Å². The number of halogens is 4. The molecule has 0 radical (unpaired) electrons. The summed E-state index contributed by atoms with van der Waals surface area (Å²) in [5.41, 5.74) is 1.98. The van der Waals surface area contributed by atoms with Crippen molar-refractivity contribution in [2.45, 2.75) is 45.8 Å². The molecule has 0 spiro atoms. The predicted molar refractivity (Wildman–Crippen MR) is 189 cm³/mol. The molecule has 15 heteroatoms. The number of aliphatic imine (C=N–C) groups is 3. The normalized spacial score (nSPS) is 17.2. The second kappa shape index (κ2) is 17.6. The van der Waals surface area contributed by atoms with Crippen LogP contribution in [0.5, 0.6) is 5.75 Å². The minimum Gasteiger partial charge on any atom is -0.492 e. The lowest BCUT2D eigenvalue weighted by Crippen LogP contribution is -2.45. The molecule has 2 amide bonds. The van der Waals surface area contributed by atoms with Crippen LogP contribution in [0.3, 0.4) is 0 Å². The van der Waals surface area contributed by atoms with Gasteiger partial charge in [-0.05, 0) is 84.6 Å². The Morgan fingerprint density at radius 3 is 2.56 bits per heavy atom. The highest BCUT2D eigenvalue weighted by atomic mass is 35.5. The minimum atomic E-state index is -4.52. The molecule has 1 aromatic heterocycles. The maximum atomic E-state index is 13.5. The van der Waals surface area contributed by atoms with Crippen LogP contribution in [-0.2, 0) is 17.8 Å². The van der Waals surface area contributed by atoms with Crippen molar-refractivity contribution in [1.82, 2.24) is 20.5 Å². The van der Waals surface area contributed by atoms with Gasteiger partial charge in [-0.15, -0.1) is 0 Å². The van der Waals surface area contributed by atoms with E-state index in [0.29, 0.717) is 66.5 Å². The number of amides is 2. The molecule has 4 bridgehead atoms. The van der Waals surface area contributed by atoms with Crippen molar-refractivity contribution in [2.24, 2.45) is 20.4 Å². The molecule has 3 N–H and O–H groups in total. The quantitative estimate of drug-likeness (QED) is 0.288. The summed E-state index contributed by atoms with van der Waals surface area (Å²) in [5, 5.41) is 8.32. The molecule has 3 aromatic rings. The second-order valence-corrected chi connectivity index (χ2v) is 12.8. The zero-order chi connectivity index (χ0) is 36.1. The number of rotatable bonds is 4. The number of aryl methyl sites for hydroxylation is 1. The Labute approximate surface area is 294 Å². The minimum absolute atomic E-state index is 0.0188. The molecule has 0 fully saturated rings. The van der Waals surface area contributed by atoms with Crippen molar-refractivity contribution >= 4 is 47.7 Å². The SMILES string of the molecule is C=N/C1=N\C(NCC(F)(F)F)=NCc2ccc(c(Cl)c2)OCCCN(C(=O)CCc2ccncc2)CC(C)(C)CNC(=O)c2ccc(cc2)N1. The monoisotopic (exact) mass is 712 g/mol. The Kier molecular flexibility index (Phi) is 13.3. The lowest BCUT2D eigenvalue weighted by Gasteiger charge is -2.33. The van der Waals surface area contributed by atoms with Gasteiger partial charge in [0, 0.05) is 49.7 Å². The van der Waals surface area contributed by atoms with Crippen molar-refractivity contribution in [3.8, 4) is 5.75 Å². The molecule has 4 aliphatic heterocycles. The van der Waals surface area contributed by atoms with Gasteiger partial charge in [0.05, 0.1) is 18.2 Å². The standard InChI is InChI=1S/C35H40ClF3N8O3/c1-34(2)21-43-31(49)26-7-9-27(10-8-26)45-32(40-3)46-33(44-22-35(37,38)39)42-20-25-5-11-29(28(36)19-25)50-18-4-17-47(23-34)30(48)12-6-24-13-15-41-16-14-24/h5,7-11,13-16,19H,3-4,6,12,17-18,20-23H2,1-2H3,(H,43,49)(H2,42,44,45,46). The summed E-state index contributed by atoms with van der Waals surface area (Å²) in [7, 11) is 0. The van der Waals surface area contributed by atoms with Gasteiger partial charge in [0.2, 0.25) is 17.8 Å². The summed E-state index contributed by atoms with van der Waals surface area (Å²) in [5.74, 6) is -0.370. The molecule has 50 heavy (non-hydrogen) atoms. The third-order valence-corrected chi connectivity index (χ3v) is 7.82. The molecule has 0 saturated carbocycles. The summed E-state index contributed by atoms with van der Waals surface area (Å²) in [6.45, 7) is 7.38. The van der Waals surface area contributed by atoms with Crippen molar-refractivity contribution in [3.05, 3.63) is 88.7 Å². The molecular weight excluding hydrogens is 673 g/mol. The summed E-state index contributed by atoms with van der Waals surface area (Å²) >= 11 is 6.49. The average molecular weight is 713 g/mol. The zero-order valence-corrected chi connectivity index (χ0v) is 28.7. The van der Waals surface area contributed by atoms with Gasteiger partial charge < -0.3 is 25.6 Å². The smallest absolute Gasteiger partial charge is 0.405 e. The maximum Gasteiger partial charge on any atom is 0.405 e. The third-order valence-electron chi connectivity index (χ3n) is 7.53. The van der Waals surface area contributed by atoms with Crippen LogP contribution in [0, 0.1) is 5.41 Å². The number of pyridine rings is 1. The van der Waals surface area contributed by atoms with Crippen LogP contribution in [0.15, 0.2) is 82.0 Å². The van der Waals surface area contributed by atoms with E-state index in [1.807, 2.05) is 26.0 Å². The molecule has 5 heterocycles. The first-order valence-corrected chi connectivity index (χ1v) is 16.3. The van der Waals surface area contributed by atoms with Crippen molar-refractivity contribution in [1.29, 1.82) is 0 Å². The first kappa shape index (κ1) is 37.8. The number of guanidine groups is 2. The van der Waals surface area contributed by atoms with E-state index in [0.717, 1.165) is 5.56 Å². The Bertz CT molecular complexity index is 1680. The number of carbonyl (C=O) groups is 2. The molecule has 0 aliphatic carbocycles. The number of anilines is 1. The van der Waals surface area contributed by atoms with Crippen molar-refractivity contribution in [3.63, 3.8) is 0 Å². The van der Waals surface area contributed by atoms with Gasteiger partial charge >= 0.3 is 6.18 Å². The Balaban J connectivity index is 1.59. The molecule has 0 unspecified atom stereocenters. The van der Waals surface area contributed by atoms with Crippen LogP contribution in [0.4, 0.5) is 18.9 Å². The number of aromatic nitrogens is 1. The Morgan fingerprint density at radius 1 is 1.14 bits per heavy atom. The molecule has 266 valence electrons. The van der Waals surface area contributed by atoms with E-state index in [1.54, 1.807) is 59.8 Å². The summed E-state index contributed by atoms with van der Waals surface area (Å²) < 4.78 is 45.1. The van der Waals surface area contributed by atoms with Gasteiger partial charge in [-0.2, -0.15) is 18.2 Å². The molecule has 4 aliphatic rings. The van der Waals surface area contributed by atoms with Crippen LogP contribution in [-0.4, -0.2) is 79.3 Å². The van der Waals surface area contributed by atoms with Gasteiger partial charge in [0.1, 0.15) is 12.3 Å². The number of nitrogens with one attached hydrogen (secondary N) is 3. The summed E-state index contributed by atoms with van der Waals surface area (Å²) in [6, 6.07) is 15.1.